The summed E-state index contributed by atoms with van der Waals surface area (Å²) in [5, 5.41) is 10.6. The highest BCUT2D eigenvalue weighted by molar-refractivity contribution is 8.00. The summed E-state index contributed by atoms with van der Waals surface area (Å²) in [7, 11) is 0. The molecule has 94 valence electrons. The SMILES string of the molecule is CCOc1ccccc1C(O)C1(C)CCCS1. The largest absolute Gasteiger partial charge is 0.493 e. The van der Waals surface area contributed by atoms with Gasteiger partial charge < -0.3 is 9.84 Å². The van der Waals surface area contributed by atoms with Crippen LogP contribution in [0.5, 0.6) is 5.75 Å². The van der Waals surface area contributed by atoms with Gasteiger partial charge in [-0.05, 0) is 38.5 Å². The van der Waals surface area contributed by atoms with Crippen LogP contribution in [0.2, 0.25) is 0 Å². The summed E-state index contributed by atoms with van der Waals surface area (Å²) >= 11 is 1.87. The third-order valence-electron chi connectivity index (χ3n) is 3.34. The lowest BCUT2D eigenvalue weighted by Gasteiger charge is -2.30. The molecule has 0 aromatic heterocycles. The third-order valence-corrected chi connectivity index (χ3v) is 4.92. The molecule has 1 aliphatic heterocycles. The first-order valence-electron chi connectivity index (χ1n) is 6.21. The Morgan fingerprint density at radius 1 is 1.47 bits per heavy atom. The minimum atomic E-state index is -0.447. The van der Waals surface area contributed by atoms with Crippen molar-refractivity contribution in [2.24, 2.45) is 0 Å². The number of hydrogen-bond donors (Lipinski definition) is 1. The molecule has 2 rings (SSSR count). The van der Waals surface area contributed by atoms with Gasteiger partial charge >= 0.3 is 0 Å². The van der Waals surface area contributed by atoms with Gasteiger partial charge in [-0.1, -0.05) is 18.2 Å². The van der Waals surface area contributed by atoms with E-state index in [0.29, 0.717) is 6.61 Å². The summed E-state index contributed by atoms with van der Waals surface area (Å²) in [4.78, 5) is 0. The smallest absolute Gasteiger partial charge is 0.125 e. The minimum absolute atomic E-state index is 0.0623. The Bertz CT molecular complexity index is 372. The lowest BCUT2D eigenvalue weighted by atomic mass is 9.92. The Morgan fingerprint density at radius 2 is 2.24 bits per heavy atom. The van der Waals surface area contributed by atoms with Gasteiger partial charge in [-0.2, -0.15) is 11.8 Å². The molecule has 1 fully saturated rings. The van der Waals surface area contributed by atoms with Crippen LogP contribution in [0.1, 0.15) is 38.4 Å². The van der Waals surface area contributed by atoms with E-state index in [0.717, 1.165) is 23.5 Å². The second-order valence-electron chi connectivity index (χ2n) is 4.64. The van der Waals surface area contributed by atoms with Crippen LogP contribution >= 0.6 is 11.8 Å². The molecule has 0 bridgehead atoms. The lowest BCUT2D eigenvalue weighted by Crippen LogP contribution is -2.26. The quantitative estimate of drug-likeness (QED) is 0.890. The molecule has 0 aliphatic carbocycles. The van der Waals surface area contributed by atoms with Crippen molar-refractivity contribution < 1.29 is 9.84 Å². The first-order chi connectivity index (χ1) is 8.17. The van der Waals surface area contributed by atoms with Crippen LogP contribution in [0.3, 0.4) is 0 Å². The highest BCUT2D eigenvalue weighted by atomic mass is 32.2. The molecule has 2 atom stereocenters. The number of hydrogen-bond acceptors (Lipinski definition) is 3. The predicted octanol–water partition coefficient (Wildman–Crippen LogP) is 3.40. The lowest BCUT2D eigenvalue weighted by molar-refractivity contribution is 0.130. The van der Waals surface area contributed by atoms with Crippen molar-refractivity contribution in [1.82, 2.24) is 0 Å². The van der Waals surface area contributed by atoms with Crippen molar-refractivity contribution >= 4 is 11.8 Å². The molecule has 0 amide bonds. The normalized spacial score (nSPS) is 25.8. The molecule has 0 saturated carbocycles. The fourth-order valence-electron chi connectivity index (χ4n) is 2.34. The number of aliphatic hydroxyl groups excluding tert-OH is 1. The molecule has 2 unspecified atom stereocenters. The van der Waals surface area contributed by atoms with Crippen LogP contribution in [0.4, 0.5) is 0 Å². The van der Waals surface area contributed by atoms with E-state index in [1.165, 1.54) is 6.42 Å². The molecule has 0 radical (unpaired) electrons. The Balaban J connectivity index is 2.26. The van der Waals surface area contributed by atoms with Gasteiger partial charge in [0.05, 0.1) is 12.7 Å². The Hall–Kier alpha value is -0.670. The molecule has 1 aromatic rings. The zero-order valence-electron chi connectivity index (χ0n) is 10.5. The summed E-state index contributed by atoms with van der Waals surface area (Å²) in [5.41, 5.74) is 0.922. The molecule has 1 N–H and O–H groups in total. The van der Waals surface area contributed by atoms with E-state index in [-0.39, 0.29) is 4.75 Å². The molecule has 1 aromatic carbocycles. The van der Waals surface area contributed by atoms with Crippen LogP contribution in [0.25, 0.3) is 0 Å². The van der Waals surface area contributed by atoms with Crippen molar-refractivity contribution in [3.8, 4) is 5.75 Å². The van der Waals surface area contributed by atoms with Gasteiger partial charge in [0.1, 0.15) is 5.75 Å². The highest BCUT2D eigenvalue weighted by Crippen LogP contribution is 2.48. The highest BCUT2D eigenvalue weighted by Gasteiger charge is 2.38. The summed E-state index contributed by atoms with van der Waals surface area (Å²) in [6.45, 7) is 4.75. The van der Waals surface area contributed by atoms with Crippen molar-refractivity contribution in [2.75, 3.05) is 12.4 Å². The number of ether oxygens (including phenoxy) is 1. The summed E-state index contributed by atoms with van der Waals surface area (Å²) in [6.07, 6.45) is 1.81. The van der Waals surface area contributed by atoms with Crippen LogP contribution in [-0.4, -0.2) is 22.2 Å². The van der Waals surface area contributed by atoms with E-state index in [4.69, 9.17) is 4.74 Å². The first kappa shape index (κ1) is 12.8. The molecular weight excluding hydrogens is 232 g/mol. The van der Waals surface area contributed by atoms with E-state index in [1.807, 2.05) is 43.0 Å². The minimum Gasteiger partial charge on any atom is -0.493 e. The summed E-state index contributed by atoms with van der Waals surface area (Å²) < 4.78 is 5.53. The zero-order chi connectivity index (χ0) is 12.3. The maximum atomic E-state index is 10.6. The van der Waals surface area contributed by atoms with E-state index >= 15 is 0 Å². The van der Waals surface area contributed by atoms with Crippen molar-refractivity contribution in [3.05, 3.63) is 29.8 Å². The second-order valence-corrected chi connectivity index (χ2v) is 6.27. The van der Waals surface area contributed by atoms with Gasteiger partial charge in [-0.15, -0.1) is 0 Å². The molecule has 1 saturated heterocycles. The van der Waals surface area contributed by atoms with E-state index in [9.17, 15) is 5.11 Å². The maximum absolute atomic E-state index is 10.6. The first-order valence-corrected chi connectivity index (χ1v) is 7.19. The molecular formula is C14H20O2S. The summed E-state index contributed by atoms with van der Waals surface area (Å²) in [5.74, 6) is 1.96. The fraction of sp³-hybridized carbons (Fsp3) is 0.571. The number of aliphatic hydroxyl groups is 1. The van der Waals surface area contributed by atoms with E-state index in [2.05, 4.69) is 6.92 Å². The van der Waals surface area contributed by atoms with Gasteiger partial charge in [0.2, 0.25) is 0 Å². The van der Waals surface area contributed by atoms with Gasteiger partial charge in [-0.25, -0.2) is 0 Å². The number of thioether (sulfide) groups is 1. The van der Waals surface area contributed by atoms with Crippen LogP contribution in [-0.2, 0) is 0 Å². The fourth-order valence-corrected chi connectivity index (χ4v) is 3.67. The molecule has 0 spiro atoms. The predicted molar refractivity (Wildman–Crippen MR) is 72.7 cm³/mol. The Kier molecular flexibility index (Phi) is 4.00. The van der Waals surface area contributed by atoms with Gasteiger partial charge in [-0.3, -0.25) is 0 Å². The average molecular weight is 252 g/mol. The molecule has 3 heteroatoms. The second kappa shape index (κ2) is 5.32. The molecule has 2 nitrogen and oxygen atoms in total. The van der Waals surface area contributed by atoms with Crippen molar-refractivity contribution in [1.29, 1.82) is 0 Å². The maximum Gasteiger partial charge on any atom is 0.125 e. The van der Waals surface area contributed by atoms with Gasteiger partial charge in [0.15, 0.2) is 0 Å². The Labute approximate surface area is 107 Å². The van der Waals surface area contributed by atoms with Crippen molar-refractivity contribution in [2.45, 2.75) is 37.5 Å². The molecule has 1 aliphatic rings. The molecule has 17 heavy (non-hydrogen) atoms. The standard InChI is InChI=1S/C14H20O2S/c1-3-16-12-8-5-4-7-11(12)13(15)14(2)9-6-10-17-14/h4-5,7-8,13,15H,3,6,9-10H2,1-2H3. The number of para-hydroxylation sites is 1. The Morgan fingerprint density at radius 3 is 2.88 bits per heavy atom. The van der Waals surface area contributed by atoms with Gasteiger partial charge in [0.25, 0.3) is 0 Å². The third kappa shape index (κ3) is 2.61. The monoisotopic (exact) mass is 252 g/mol. The van der Waals surface area contributed by atoms with Crippen LogP contribution in [0.15, 0.2) is 24.3 Å². The number of rotatable bonds is 4. The summed E-state index contributed by atoms with van der Waals surface area (Å²) in [6, 6.07) is 7.82. The number of benzene rings is 1. The molecule has 1 heterocycles. The zero-order valence-corrected chi connectivity index (χ0v) is 11.3. The van der Waals surface area contributed by atoms with E-state index in [1.54, 1.807) is 0 Å². The van der Waals surface area contributed by atoms with E-state index < -0.39 is 6.10 Å². The van der Waals surface area contributed by atoms with Crippen LogP contribution < -0.4 is 4.74 Å². The topological polar surface area (TPSA) is 29.5 Å². The average Bonchev–Trinajstić information content (AvgIpc) is 2.78. The van der Waals surface area contributed by atoms with Gasteiger partial charge in [0, 0.05) is 10.3 Å². The van der Waals surface area contributed by atoms with Crippen LogP contribution in [0, 0.1) is 0 Å². The van der Waals surface area contributed by atoms with Crippen molar-refractivity contribution in [3.63, 3.8) is 0 Å².